The Morgan fingerprint density at radius 3 is 2.69 bits per heavy atom. The lowest BCUT2D eigenvalue weighted by Crippen LogP contribution is -2.47. The van der Waals surface area contributed by atoms with E-state index in [1.54, 1.807) is 0 Å². The first-order valence-corrected chi connectivity index (χ1v) is 4.98. The third kappa shape index (κ3) is 4.67. The number of rotatable bonds is 3. The van der Waals surface area contributed by atoms with Crippen LogP contribution >= 0.6 is 12.2 Å². The van der Waals surface area contributed by atoms with Crippen molar-refractivity contribution in [2.24, 2.45) is 0 Å². The SMILES string of the molecule is CCCC(=O)NNC(=S)NC1CC1. The minimum absolute atomic E-state index is 0.0255. The third-order valence-corrected chi connectivity index (χ3v) is 1.92. The molecule has 0 bridgehead atoms. The molecule has 1 fully saturated rings. The summed E-state index contributed by atoms with van der Waals surface area (Å²) < 4.78 is 0. The van der Waals surface area contributed by atoms with E-state index >= 15 is 0 Å². The van der Waals surface area contributed by atoms with Crippen LogP contribution in [0.1, 0.15) is 32.6 Å². The van der Waals surface area contributed by atoms with Crippen molar-refractivity contribution in [3.63, 3.8) is 0 Å². The first-order chi connectivity index (χ1) is 6.22. The number of amides is 1. The van der Waals surface area contributed by atoms with E-state index in [9.17, 15) is 4.79 Å². The number of nitrogens with one attached hydrogen (secondary N) is 3. The van der Waals surface area contributed by atoms with Gasteiger partial charge in [0.2, 0.25) is 5.91 Å². The number of hydrazine groups is 1. The molecule has 1 rings (SSSR count). The van der Waals surface area contributed by atoms with Crippen molar-refractivity contribution < 1.29 is 4.79 Å². The van der Waals surface area contributed by atoms with Crippen molar-refractivity contribution in [2.75, 3.05) is 0 Å². The molecule has 5 heteroatoms. The van der Waals surface area contributed by atoms with Gasteiger partial charge in [-0.05, 0) is 31.5 Å². The molecule has 0 aliphatic heterocycles. The van der Waals surface area contributed by atoms with Crippen LogP contribution in [-0.2, 0) is 4.79 Å². The lowest BCUT2D eigenvalue weighted by molar-refractivity contribution is -0.121. The molecule has 1 amide bonds. The van der Waals surface area contributed by atoms with Gasteiger partial charge in [0, 0.05) is 12.5 Å². The van der Waals surface area contributed by atoms with Crippen LogP contribution in [0.5, 0.6) is 0 Å². The van der Waals surface area contributed by atoms with Crippen molar-refractivity contribution in [3.05, 3.63) is 0 Å². The molecule has 0 aromatic heterocycles. The van der Waals surface area contributed by atoms with Gasteiger partial charge < -0.3 is 5.32 Å². The van der Waals surface area contributed by atoms with Gasteiger partial charge in [-0.1, -0.05) is 6.92 Å². The van der Waals surface area contributed by atoms with Crippen LogP contribution in [0.25, 0.3) is 0 Å². The van der Waals surface area contributed by atoms with Crippen molar-refractivity contribution in [1.82, 2.24) is 16.2 Å². The lowest BCUT2D eigenvalue weighted by atomic mass is 10.3. The predicted octanol–water partition coefficient (Wildman–Crippen LogP) is 0.444. The normalized spacial score (nSPS) is 14.8. The summed E-state index contributed by atoms with van der Waals surface area (Å²) in [6.45, 7) is 1.96. The Morgan fingerprint density at radius 1 is 1.46 bits per heavy atom. The Labute approximate surface area is 83.4 Å². The number of hydrogen-bond acceptors (Lipinski definition) is 2. The molecule has 1 saturated carbocycles. The van der Waals surface area contributed by atoms with Crippen LogP contribution in [-0.4, -0.2) is 17.1 Å². The van der Waals surface area contributed by atoms with Crippen molar-refractivity contribution >= 4 is 23.2 Å². The summed E-state index contributed by atoms with van der Waals surface area (Å²) >= 11 is 4.94. The zero-order valence-electron chi connectivity index (χ0n) is 7.72. The molecule has 0 aromatic rings. The molecule has 74 valence electrons. The van der Waals surface area contributed by atoms with E-state index in [0.29, 0.717) is 17.6 Å². The Balaban J connectivity index is 2.02. The van der Waals surface area contributed by atoms with Gasteiger partial charge in [-0.3, -0.25) is 15.6 Å². The Morgan fingerprint density at radius 2 is 2.15 bits per heavy atom. The van der Waals surface area contributed by atoms with Crippen LogP contribution < -0.4 is 16.2 Å². The van der Waals surface area contributed by atoms with E-state index < -0.39 is 0 Å². The summed E-state index contributed by atoms with van der Waals surface area (Å²) in [4.78, 5) is 11.0. The van der Waals surface area contributed by atoms with Crippen LogP contribution in [0.15, 0.2) is 0 Å². The van der Waals surface area contributed by atoms with Gasteiger partial charge in [0.25, 0.3) is 0 Å². The predicted molar refractivity (Wildman–Crippen MR) is 54.9 cm³/mol. The summed E-state index contributed by atoms with van der Waals surface area (Å²) in [5.74, 6) is -0.0255. The number of thiocarbonyl (C=S) groups is 1. The zero-order chi connectivity index (χ0) is 9.68. The van der Waals surface area contributed by atoms with Gasteiger partial charge in [-0.25, -0.2) is 0 Å². The molecular weight excluding hydrogens is 186 g/mol. The first-order valence-electron chi connectivity index (χ1n) is 4.57. The molecule has 0 aromatic carbocycles. The fourth-order valence-corrected chi connectivity index (χ4v) is 1.08. The van der Waals surface area contributed by atoms with E-state index in [4.69, 9.17) is 12.2 Å². The summed E-state index contributed by atoms with van der Waals surface area (Å²) in [7, 11) is 0. The zero-order valence-corrected chi connectivity index (χ0v) is 8.54. The van der Waals surface area contributed by atoms with Crippen LogP contribution in [0, 0.1) is 0 Å². The maximum Gasteiger partial charge on any atom is 0.238 e. The van der Waals surface area contributed by atoms with Gasteiger partial charge in [-0.15, -0.1) is 0 Å². The summed E-state index contributed by atoms with van der Waals surface area (Å²) in [5.41, 5.74) is 5.18. The smallest absolute Gasteiger partial charge is 0.238 e. The summed E-state index contributed by atoms with van der Waals surface area (Å²) in [5, 5.41) is 3.56. The highest BCUT2D eigenvalue weighted by molar-refractivity contribution is 7.80. The second-order valence-corrected chi connectivity index (χ2v) is 3.58. The highest BCUT2D eigenvalue weighted by Gasteiger charge is 2.21. The van der Waals surface area contributed by atoms with Crippen LogP contribution in [0.2, 0.25) is 0 Å². The molecule has 0 spiro atoms. The average Bonchev–Trinajstić information content (AvgIpc) is 2.85. The molecule has 1 aliphatic rings. The van der Waals surface area contributed by atoms with E-state index in [1.165, 1.54) is 12.8 Å². The van der Waals surface area contributed by atoms with Crippen LogP contribution in [0.4, 0.5) is 0 Å². The lowest BCUT2D eigenvalue weighted by Gasteiger charge is -2.09. The van der Waals surface area contributed by atoms with Gasteiger partial charge in [0.15, 0.2) is 5.11 Å². The second-order valence-electron chi connectivity index (χ2n) is 3.17. The third-order valence-electron chi connectivity index (χ3n) is 1.71. The van der Waals surface area contributed by atoms with Crippen molar-refractivity contribution in [1.29, 1.82) is 0 Å². The maximum absolute atomic E-state index is 11.0. The van der Waals surface area contributed by atoms with E-state index in [2.05, 4.69) is 16.2 Å². The van der Waals surface area contributed by atoms with Gasteiger partial charge >= 0.3 is 0 Å². The minimum atomic E-state index is -0.0255. The Hall–Kier alpha value is -0.840. The van der Waals surface area contributed by atoms with E-state index in [-0.39, 0.29) is 5.91 Å². The monoisotopic (exact) mass is 201 g/mol. The number of carbonyl (C=O) groups excluding carboxylic acids is 1. The molecule has 0 unspecified atom stereocenters. The minimum Gasteiger partial charge on any atom is -0.359 e. The molecule has 4 nitrogen and oxygen atoms in total. The molecule has 0 heterocycles. The molecule has 0 atom stereocenters. The molecule has 0 radical (unpaired) electrons. The van der Waals surface area contributed by atoms with Gasteiger partial charge in [0.05, 0.1) is 0 Å². The number of hydrogen-bond donors (Lipinski definition) is 3. The maximum atomic E-state index is 11.0. The molecule has 1 aliphatic carbocycles. The summed E-state index contributed by atoms with van der Waals surface area (Å²) in [6.07, 6.45) is 3.71. The highest BCUT2D eigenvalue weighted by atomic mass is 32.1. The van der Waals surface area contributed by atoms with Gasteiger partial charge in [0.1, 0.15) is 0 Å². The Kier molecular flexibility index (Phi) is 3.95. The largest absolute Gasteiger partial charge is 0.359 e. The van der Waals surface area contributed by atoms with E-state index in [0.717, 1.165) is 6.42 Å². The first kappa shape index (κ1) is 10.2. The summed E-state index contributed by atoms with van der Waals surface area (Å²) in [6, 6.07) is 0.517. The standard InChI is InChI=1S/C8H15N3OS/c1-2-3-7(12)10-11-8(13)9-6-4-5-6/h6H,2-5H2,1H3,(H,10,12)(H2,9,11,13). The highest BCUT2D eigenvalue weighted by Crippen LogP contribution is 2.18. The number of carbonyl (C=O) groups is 1. The molecule has 13 heavy (non-hydrogen) atoms. The molecule has 3 N–H and O–H groups in total. The topological polar surface area (TPSA) is 53.2 Å². The van der Waals surface area contributed by atoms with Crippen molar-refractivity contribution in [3.8, 4) is 0 Å². The molecular formula is C8H15N3OS. The fourth-order valence-electron chi connectivity index (χ4n) is 0.865. The second kappa shape index (κ2) is 5.01. The van der Waals surface area contributed by atoms with Crippen molar-refractivity contribution in [2.45, 2.75) is 38.6 Å². The van der Waals surface area contributed by atoms with Crippen LogP contribution in [0.3, 0.4) is 0 Å². The van der Waals surface area contributed by atoms with Gasteiger partial charge in [-0.2, -0.15) is 0 Å². The fraction of sp³-hybridized carbons (Fsp3) is 0.750. The van der Waals surface area contributed by atoms with E-state index in [1.807, 2.05) is 6.92 Å². The average molecular weight is 201 g/mol. The quantitative estimate of drug-likeness (QED) is 0.458. The molecule has 0 saturated heterocycles. The Bertz CT molecular complexity index is 204.